The van der Waals surface area contributed by atoms with E-state index < -0.39 is 6.03 Å². The van der Waals surface area contributed by atoms with Gasteiger partial charge >= 0.3 is 6.03 Å². The summed E-state index contributed by atoms with van der Waals surface area (Å²) in [5.41, 5.74) is 7.16. The minimum Gasteiger partial charge on any atom is -0.507 e. The summed E-state index contributed by atoms with van der Waals surface area (Å²) in [6, 6.07) is 3.69. The number of aromatic hydroxyl groups is 1. The first-order chi connectivity index (χ1) is 6.59. The lowest BCUT2D eigenvalue weighted by molar-refractivity contribution is 0.249. The molecule has 0 saturated heterocycles. The second-order valence-corrected chi connectivity index (χ2v) is 2.87. The van der Waals surface area contributed by atoms with E-state index in [-0.39, 0.29) is 5.75 Å². The summed E-state index contributed by atoms with van der Waals surface area (Å²) in [4.78, 5) is 10.3. The van der Waals surface area contributed by atoms with E-state index in [0.29, 0.717) is 10.6 Å². The zero-order valence-corrected chi connectivity index (χ0v) is 7.82. The highest BCUT2D eigenvalue weighted by Gasteiger charge is 1.98. The first kappa shape index (κ1) is 10.3. The van der Waals surface area contributed by atoms with Gasteiger partial charge in [0.1, 0.15) is 5.75 Å². The van der Waals surface area contributed by atoms with Crippen LogP contribution in [-0.2, 0) is 0 Å². The summed E-state index contributed by atoms with van der Waals surface area (Å²) >= 11 is 5.67. The lowest BCUT2D eigenvalue weighted by Gasteiger charge is -1.98. The van der Waals surface area contributed by atoms with Gasteiger partial charge in [-0.25, -0.2) is 10.2 Å². The molecule has 0 aliphatic rings. The second-order valence-electron chi connectivity index (χ2n) is 2.44. The topological polar surface area (TPSA) is 87.7 Å². The predicted octanol–water partition coefficient (Wildman–Crippen LogP) is 1.05. The first-order valence-electron chi connectivity index (χ1n) is 3.66. The molecule has 6 heteroatoms. The van der Waals surface area contributed by atoms with Crippen molar-refractivity contribution in [3.05, 3.63) is 28.8 Å². The molecular formula is C8H8ClN3O2. The number of hydrogen-bond acceptors (Lipinski definition) is 3. The Hall–Kier alpha value is -1.75. The largest absolute Gasteiger partial charge is 0.507 e. The highest BCUT2D eigenvalue weighted by molar-refractivity contribution is 6.30. The Labute approximate surface area is 85.2 Å². The van der Waals surface area contributed by atoms with Gasteiger partial charge in [-0.1, -0.05) is 11.6 Å². The number of amides is 2. The maximum absolute atomic E-state index is 10.3. The fourth-order valence-electron chi connectivity index (χ4n) is 0.794. The van der Waals surface area contributed by atoms with Crippen molar-refractivity contribution >= 4 is 23.8 Å². The summed E-state index contributed by atoms with van der Waals surface area (Å²) in [6.45, 7) is 0. The van der Waals surface area contributed by atoms with Gasteiger partial charge in [0, 0.05) is 10.6 Å². The molecule has 1 rings (SSSR count). The molecule has 1 aromatic carbocycles. The van der Waals surface area contributed by atoms with Gasteiger partial charge in [-0.15, -0.1) is 0 Å². The molecule has 0 aliphatic carbocycles. The lowest BCUT2D eigenvalue weighted by Crippen LogP contribution is -2.24. The minimum absolute atomic E-state index is 0.0180. The zero-order chi connectivity index (χ0) is 10.6. The van der Waals surface area contributed by atoms with Gasteiger partial charge in [0.25, 0.3) is 0 Å². The monoisotopic (exact) mass is 213 g/mol. The van der Waals surface area contributed by atoms with Crippen molar-refractivity contribution in [3.8, 4) is 5.75 Å². The summed E-state index contributed by atoms with van der Waals surface area (Å²) < 4.78 is 0. The number of phenols is 1. The zero-order valence-electron chi connectivity index (χ0n) is 7.07. The Morgan fingerprint density at radius 3 is 3.00 bits per heavy atom. The maximum atomic E-state index is 10.3. The Morgan fingerprint density at radius 2 is 2.36 bits per heavy atom. The summed E-state index contributed by atoms with van der Waals surface area (Å²) in [6.07, 6.45) is 1.24. The van der Waals surface area contributed by atoms with Crippen molar-refractivity contribution in [2.75, 3.05) is 0 Å². The highest BCUT2D eigenvalue weighted by atomic mass is 35.5. The van der Waals surface area contributed by atoms with Crippen LogP contribution in [0.15, 0.2) is 23.3 Å². The van der Waals surface area contributed by atoms with Crippen molar-refractivity contribution in [2.45, 2.75) is 0 Å². The molecule has 0 radical (unpaired) electrons. The van der Waals surface area contributed by atoms with Crippen molar-refractivity contribution < 1.29 is 9.90 Å². The number of nitrogens with zero attached hydrogens (tertiary/aromatic N) is 1. The molecule has 0 aliphatic heterocycles. The summed E-state index contributed by atoms with van der Waals surface area (Å²) in [5, 5.41) is 13.2. The predicted molar refractivity (Wildman–Crippen MR) is 53.4 cm³/mol. The third kappa shape index (κ3) is 2.95. The van der Waals surface area contributed by atoms with E-state index in [0.717, 1.165) is 0 Å². The van der Waals surface area contributed by atoms with E-state index >= 15 is 0 Å². The fraction of sp³-hybridized carbons (Fsp3) is 0. The number of phenolic OH excluding ortho intramolecular Hbond substituents is 1. The molecule has 4 N–H and O–H groups in total. The van der Waals surface area contributed by atoms with Crippen LogP contribution in [0.4, 0.5) is 4.79 Å². The number of halogens is 1. The minimum atomic E-state index is -0.775. The molecule has 74 valence electrons. The Bertz CT molecular complexity index is 379. The van der Waals surface area contributed by atoms with Crippen LogP contribution in [0, 0.1) is 0 Å². The number of hydrazone groups is 1. The third-order valence-electron chi connectivity index (χ3n) is 1.37. The van der Waals surface area contributed by atoms with E-state index in [4.69, 9.17) is 17.3 Å². The standard InChI is InChI=1S/C8H8ClN3O2/c9-6-1-2-7(13)5(3-6)4-11-12-8(10)14/h1-4,13H,(H3,10,12,14)/b11-4+. The Balaban J connectivity index is 2.80. The molecule has 0 fully saturated rings. The maximum Gasteiger partial charge on any atom is 0.332 e. The number of nitrogens with one attached hydrogen (secondary N) is 1. The number of nitrogens with two attached hydrogens (primary N) is 1. The van der Waals surface area contributed by atoms with Crippen LogP contribution in [0.5, 0.6) is 5.75 Å². The average Bonchev–Trinajstić information content (AvgIpc) is 2.10. The van der Waals surface area contributed by atoms with E-state index in [1.807, 2.05) is 5.43 Å². The first-order valence-corrected chi connectivity index (χ1v) is 4.04. The van der Waals surface area contributed by atoms with Crippen LogP contribution < -0.4 is 11.2 Å². The van der Waals surface area contributed by atoms with Gasteiger partial charge in [-0.3, -0.25) is 0 Å². The van der Waals surface area contributed by atoms with Crippen molar-refractivity contribution in [1.82, 2.24) is 5.43 Å². The van der Waals surface area contributed by atoms with Crippen molar-refractivity contribution in [1.29, 1.82) is 0 Å². The number of carbonyl (C=O) groups excluding carboxylic acids is 1. The Morgan fingerprint density at radius 1 is 1.64 bits per heavy atom. The molecule has 5 nitrogen and oxygen atoms in total. The smallest absolute Gasteiger partial charge is 0.332 e. The SMILES string of the molecule is NC(=O)N/N=C/c1cc(Cl)ccc1O. The van der Waals surface area contributed by atoms with Gasteiger partial charge in [-0.2, -0.15) is 5.10 Å². The number of hydrogen-bond donors (Lipinski definition) is 3. The quantitative estimate of drug-likeness (QED) is 0.507. The highest BCUT2D eigenvalue weighted by Crippen LogP contribution is 2.19. The molecular weight excluding hydrogens is 206 g/mol. The van der Waals surface area contributed by atoms with Crippen molar-refractivity contribution in [3.63, 3.8) is 0 Å². The molecule has 0 aromatic heterocycles. The van der Waals surface area contributed by atoms with Crippen LogP contribution in [-0.4, -0.2) is 17.4 Å². The van der Waals surface area contributed by atoms with Crippen LogP contribution in [0.2, 0.25) is 5.02 Å². The van der Waals surface area contributed by atoms with Gasteiger partial charge in [-0.05, 0) is 18.2 Å². The van der Waals surface area contributed by atoms with Gasteiger partial charge in [0.2, 0.25) is 0 Å². The number of carbonyl (C=O) groups is 1. The number of urea groups is 1. The molecule has 1 aromatic rings. The van der Waals surface area contributed by atoms with E-state index in [2.05, 4.69) is 5.10 Å². The second kappa shape index (κ2) is 4.48. The van der Waals surface area contributed by atoms with E-state index in [1.165, 1.54) is 24.4 Å². The normalized spacial score (nSPS) is 10.4. The number of rotatable bonds is 2. The molecule has 14 heavy (non-hydrogen) atoms. The third-order valence-corrected chi connectivity index (χ3v) is 1.60. The van der Waals surface area contributed by atoms with E-state index in [1.54, 1.807) is 0 Å². The van der Waals surface area contributed by atoms with Crippen LogP contribution in [0.25, 0.3) is 0 Å². The van der Waals surface area contributed by atoms with Gasteiger partial charge in [0.05, 0.1) is 6.21 Å². The molecule has 0 heterocycles. The van der Waals surface area contributed by atoms with Crippen LogP contribution >= 0.6 is 11.6 Å². The average molecular weight is 214 g/mol. The summed E-state index contributed by atoms with van der Waals surface area (Å²) in [7, 11) is 0. The molecule has 0 saturated carbocycles. The molecule has 0 atom stereocenters. The van der Waals surface area contributed by atoms with Gasteiger partial charge in [0.15, 0.2) is 0 Å². The fourth-order valence-corrected chi connectivity index (χ4v) is 0.975. The molecule has 0 spiro atoms. The van der Waals surface area contributed by atoms with Crippen LogP contribution in [0.1, 0.15) is 5.56 Å². The summed E-state index contributed by atoms with van der Waals surface area (Å²) in [5.74, 6) is 0.0180. The number of benzene rings is 1. The Kier molecular flexibility index (Phi) is 3.30. The number of primary amides is 1. The lowest BCUT2D eigenvalue weighted by atomic mass is 10.2. The van der Waals surface area contributed by atoms with Crippen LogP contribution in [0.3, 0.4) is 0 Å². The molecule has 2 amide bonds. The van der Waals surface area contributed by atoms with E-state index in [9.17, 15) is 9.90 Å². The van der Waals surface area contributed by atoms with Gasteiger partial charge < -0.3 is 10.8 Å². The molecule has 0 unspecified atom stereocenters. The molecule has 0 bridgehead atoms. The van der Waals surface area contributed by atoms with Crippen molar-refractivity contribution in [2.24, 2.45) is 10.8 Å².